The highest BCUT2D eigenvalue weighted by atomic mass is 35.5. The first kappa shape index (κ1) is 22.8. The normalized spacial score (nSPS) is 11.5. The van der Waals surface area contributed by atoms with E-state index in [-0.39, 0.29) is 12.4 Å². The molecule has 0 amide bonds. The number of hydrogen-bond acceptors (Lipinski definition) is 3. The zero-order chi connectivity index (χ0) is 18.9. The van der Waals surface area contributed by atoms with Gasteiger partial charge in [0.05, 0.1) is 18.8 Å². The smallest absolute Gasteiger partial charge is 0.0784 e. The van der Waals surface area contributed by atoms with Gasteiger partial charge in [-0.3, -0.25) is 9.98 Å². The van der Waals surface area contributed by atoms with E-state index in [1.54, 1.807) is 0 Å². The van der Waals surface area contributed by atoms with Crippen LogP contribution < -0.4 is 0 Å². The zero-order valence-corrected chi connectivity index (χ0v) is 17.5. The second-order valence-electron chi connectivity index (χ2n) is 7.19. The molecule has 2 rings (SSSR count). The molecule has 0 saturated carbocycles. The molecule has 1 N–H and O–H groups in total. The summed E-state index contributed by atoms with van der Waals surface area (Å²) in [4.78, 5) is 8.70. The van der Waals surface area contributed by atoms with E-state index in [2.05, 4.69) is 86.2 Å². The fourth-order valence-electron chi connectivity index (χ4n) is 2.51. The maximum absolute atomic E-state index is 7.97. The molecule has 0 aromatic heterocycles. The summed E-state index contributed by atoms with van der Waals surface area (Å²) in [5.74, 6) is 1.07. The summed E-state index contributed by atoms with van der Waals surface area (Å²) in [6, 6.07) is 16.8. The molecule has 0 aliphatic rings. The number of rotatable bonds is 8. The molecule has 2 aromatic carbocycles. The third-order valence-electron chi connectivity index (χ3n) is 4.25. The predicted octanol–water partition coefficient (Wildman–Crippen LogP) is 5.91. The van der Waals surface area contributed by atoms with E-state index in [0.717, 1.165) is 11.1 Å². The van der Waals surface area contributed by atoms with Crippen LogP contribution in [0.15, 0.2) is 58.5 Å². The fourth-order valence-corrected chi connectivity index (χ4v) is 2.51. The minimum atomic E-state index is 0. The average molecular weight is 384 g/mol. The minimum absolute atomic E-state index is 0. The molecule has 0 unspecified atom stereocenters. The molecule has 0 atom stereocenters. The number of aliphatic imine (C=N–C) groups is 2. The lowest BCUT2D eigenvalue weighted by Gasteiger charge is -2.04. The van der Waals surface area contributed by atoms with E-state index < -0.39 is 0 Å². The summed E-state index contributed by atoms with van der Waals surface area (Å²) in [5, 5.41) is 7.97. The Hall–Kier alpha value is -2.26. The fraction of sp³-hybridized carbons (Fsp3) is 0.348. The SMILES string of the molecule is CC(C)c1ccc(C=NCC(=N)CN=Cc2ccc(C(C)C)cc2)cc1.Cl. The molecular formula is C23H30ClN3. The van der Waals surface area contributed by atoms with E-state index in [0.29, 0.717) is 30.6 Å². The van der Waals surface area contributed by atoms with Crippen LogP contribution in [0.1, 0.15) is 61.8 Å². The Bertz CT molecular complexity index is 692. The molecule has 0 fully saturated rings. The molecule has 0 aliphatic heterocycles. The molecule has 0 aliphatic carbocycles. The second-order valence-corrected chi connectivity index (χ2v) is 7.19. The Morgan fingerprint density at radius 1 is 0.741 bits per heavy atom. The Labute approximate surface area is 169 Å². The van der Waals surface area contributed by atoms with Gasteiger partial charge in [0.1, 0.15) is 0 Å². The lowest BCUT2D eigenvalue weighted by Crippen LogP contribution is -2.06. The van der Waals surface area contributed by atoms with Gasteiger partial charge >= 0.3 is 0 Å². The first-order chi connectivity index (χ1) is 12.5. The van der Waals surface area contributed by atoms with Crippen LogP contribution in [-0.4, -0.2) is 31.2 Å². The molecule has 4 heteroatoms. The van der Waals surface area contributed by atoms with Crippen LogP contribution in [0.25, 0.3) is 0 Å². The lowest BCUT2D eigenvalue weighted by atomic mass is 10.0. The summed E-state index contributed by atoms with van der Waals surface area (Å²) in [6.45, 7) is 9.51. The third kappa shape index (κ3) is 7.88. The quantitative estimate of drug-likeness (QED) is 0.550. The molecule has 0 spiro atoms. The van der Waals surface area contributed by atoms with Crippen molar-refractivity contribution in [1.82, 2.24) is 0 Å². The first-order valence-corrected chi connectivity index (χ1v) is 9.21. The van der Waals surface area contributed by atoms with E-state index in [1.165, 1.54) is 11.1 Å². The number of nitrogens with zero attached hydrogens (tertiary/aromatic N) is 2. The number of benzene rings is 2. The van der Waals surface area contributed by atoms with Gasteiger partial charge in [-0.1, -0.05) is 76.2 Å². The first-order valence-electron chi connectivity index (χ1n) is 9.21. The van der Waals surface area contributed by atoms with Crippen LogP contribution in [0.5, 0.6) is 0 Å². The van der Waals surface area contributed by atoms with E-state index in [9.17, 15) is 0 Å². The van der Waals surface area contributed by atoms with Gasteiger partial charge in [0.25, 0.3) is 0 Å². The van der Waals surface area contributed by atoms with Gasteiger partial charge in [0.2, 0.25) is 0 Å². The standard InChI is InChI=1S/C23H29N3.ClH/c1-17(2)21-9-5-19(6-10-21)13-25-15-23(24)16-26-14-20-7-11-22(12-8-20)18(3)4;/h5-14,17-18,24H,15-16H2,1-4H3;1H. The molecule has 3 nitrogen and oxygen atoms in total. The zero-order valence-electron chi connectivity index (χ0n) is 16.6. The van der Waals surface area contributed by atoms with Crippen molar-refractivity contribution >= 4 is 30.5 Å². The van der Waals surface area contributed by atoms with Crippen molar-refractivity contribution in [1.29, 1.82) is 5.41 Å². The number of halogens is 1. The highest BCUT2D eigenvalue weighted by Crippen LogP contribution is 2.14. The number of nitrogens with one attached hydrogen (secondary N) is 1. The Morgan fingerprint density at radius 2 is 1.07 bits per heavy atom. The second kappa shape index (κ2) is 11.5. The summed E-state index contributed by atoms with van der Waals surface area (Å²) in [5.41, 5.74) is 5.29. The van der Waals surface area contributed by atoms with Crippen LogP contribution in [0.4, 0.5) is 0 Å². The van der Waals surface area contributed by atoms with Crippen molar-refractivity contribution in [2.24, 2.45) is 9.98 Å². The largest absolute Gasteiger partial charge is 0.306 e. The molecule has 0 heterocycles. The predicted molar refractivity (Wildman–Crippen MR) is 121 cm³/mol. The van der Waals surface area contributed by atoms with Crippen LogP contribution >= 0.6 is 12.4 Å². The lowest BCUT2D eigenvalue weighted by molar-refractivity contribution is 0.866. The molecule has 27 heavy (non-hydrogen) atoms. The van der Waals surface area contributed by atoms with Crippen LogP contribution in [0.2, 0.25) is 0 Å². The number of hydrogen-bond donors (Lipinski definition) is 1. The Morgan fingerprint density at radius 3 is 1.37 bits per heavy atom. The van der Waals surface area contributed by atoms with Gasteiger partial charge in [0, 0.05) is 12.4 Å². The van der Waals surface area contributed by atoms with Gasteiger partial charge in [-0.2, -0.15) is 0 Å². The van der Waals surface area contributed by atoms with Crippen LogP contribution in [-0.2, 0) is 0 Å². The van der Waals surface area contributed by atoms with Crippen molar-refractivity contribution in [2.45, 2.75) is 39.5 Å². The van der Waals surface area contributed by atoms with E-state index in [4.69, 9.17) is 5.41 Å². The summed E-state index contributed by atoms with van der Waals surface area (Å²) in [6.07, 6.45) is 3.65. The van der Waals surface area contributed by atoms with Crippen molar-refractivity contribution < 1.29 is 0 Å². The molecule has 0 bridgehead atoms. The highest BCUT2D eigenvalue weighted by molar-refractivity contribution is 5.90. The summed E-state index contributed by atoms with van der Waals surface area (Å²) < 4.78 is 0. The highest BCUT2D eigenvalue weighted by Gasteiger charge is 1.99. The van der Waals surface area contributed by atoms with Crippen molar-refractivity contribution in [2.75, 3.05) is 13.1 Å². The Balaban J connectivity index is 0.00000364. The van der Waals surface area contributed by atoms with Gasteiger partial charge in [-0.15, -0.1) is 12.4 Å². The summed E-state index contributed by atoms with van der Waals surface area (Å²) >= 11 is 0. The van der Waals surface area contributed by atoms with Crippen molar-refractivity contribution in [3.8, 4) is 0 Å². The molecular weight excluding hydrogens is 354 g/mol. The van der Waals surface area contributed by atoms with Gasteiger partial charge in [0.15, 0.2) is 0 Å². The topological polar surface area (TPSA) is 48.6 Å². The molecule has 144 valence electrons. The average Bonchev–Trinajstić information content (AvgIpc) is 2.62. The van der Waals surface area contributed by atoms with Crippen LogP contribution in [0, 0.1) is 5.41 Å². The maximum Gasteiger partial charge on any atom is 0.0784 e. The Kier molecular flexibility index (Phi) is 9.66. The van der Waals surface area contributed by atoms with Crippen LogP contribution in [0.3, 0.4) is 0 Å². The molecule has 0 radical (unpaired) electrons. The van der Waals surface area contributed by atoms with Crippen molar-refractivity contribution in [3.05, 3.63) is 70.8 Å². The third-order valence-corrected chi connectivity index (χ3v) is 4.25. The van der Waals surface area contributed by atoms with Gasteiger partial charge in [-0.25, -0.2) is 0 Å². The monoisotopic (exact) mass is 383 g/mol. The minimum Gasteiger partial charge on any atom is -0.306 e. The molecule has 2 aromatic rings. The summed E-state index contributed by atoms with van der Waals surface area (Å²) in [7, 11) is 0. The van der Waals surface area contributed by atoms with E-state index >= 15 is 0 Å². The van der Waals surface area contributed by atoms with Crippen molar-refractivity contribution in [3.63, 3.8) is 0 Å². The molecule has 0 saturated heterocycles. The van der Waals surface area contributed by atoms with Gasteiger partial charge < -0.3 is 5.41 Å². The maximum atomic E-state index is 7.97. The van der Waals surface area contributed by atoms with Gasteiger partial charge in [-0.05, 0) is 34.1 Å². The van der Waals surface area contributed by atoms with E-state index in [1.807, 2.05) is 12.4 Å².